The van der Waals surface area contributed by atoms with E-state index >= 15 is 4.39 Å². The molecular weight excluding hydrogens is 367 g/mol. The summed E-state index contributed by atoms with van der Waals surface area (Å²) in [5.74, 6) is 8.05. The van der Waals surface area contributed by atoms with Gasteiger partial charge in [0.1, 0.15) is 5.82 Å². The van der Waals surface area contributed by atoms with Crippen molar-refractivity contribution in [3.63, 3.8) is 0 Å². The van der Waals surface area contributed by atoms with Crippen LogP contribution < -0.4 is 0 Å². The summed E-state index contributed by atoms with van der Waals surface area (Å²) in [5, 5.41) is 1.64. The first kappa shape index (κ1) is 20.7. The lowest BCUT2D eigenvalue weighted by Crippen LogP contribution is -2.14. The van der Waals surface area contributed by atoms with Crippen LogP contribution in [-0.2, 0) is 6.42 Å². The van der Waals surface area contributed by atoms with Crippen molar-refractivity contribution < 1.29 is 4.39 Å². The molecular formula is C29H31F. The number of benzene rings is 3. The van der Waals surface area contributed by atoms with Gasteiger partial charge in [-0.1, -0.05) is 86.8 Å². The molecule has 0 bridgehead atoms. The van der Waals surface area contributed by atoms with Gasteiger partial charge in [0.2, 0.25) is 0 Å². The molecule has 30 heavy (non-hydrogen) atoms. The van der Waals surface area contributed by atoms with Gasteiger partial charge in [0.05, 0.1) is 0 Å². The largest absolute Gasteiger partial charge is 0.206 e. The van der Waals surface area contributed by atoms with E-state index in [2.05, 4.69) is 43.9 Å². The van der Waals surface area contributed by atoms with Gasteiger partial charge in [-0.25, -0.2) is 4.39 Å². The Labute approximate surface area is 180 Å². The minimum Gasteiger partial charge on any atom is -0.206 e. The average Bonchev–Trinajstić information content (AvgIpc) is 2.78. The van der Waals surface area contributed by atoms with E-state index in [1.165, 1.54) is 37.7 Å². The quantitative estimate of drug-likeness (QED) is 0.393. The van der Waals surface area contributed by atoms with Crippen LogP contribution in [0.3, 0.4) is 0 Å². The standard InChI is InChI=1S/C29H31F/c1-3-22-8-10-24(11-9-22)14-16-26-17-18-27-20-25(15-19-28(27)29(26)30)13-12-23-6-4-21(2)5-7-23/h4-7,15,17-20,22,24H,3,8-11,14,16H2,1-2H3. The molecule has 1 fully saturated rings. The normalized spacial score (nSPS) is 18.8. The Bertz CT molecular complexity index is 1060. The fraction of sp³-hybridized carbons (Fsp3) is 0.379. The van der Waals surface area contributed by atoms with Crippen LogP contribution in [0.1, 0.15) is 67.7 Å². The van der Waals surface area contributed by atoms with Crippen LogP contribution >= 0.6 is 0 Å². The second-order valence-electron chi connectivity index (χ2n) is 8.92. The lowest BCUT2D eigenvalue weighted by molar-refractivity contribution is 0.258. The Morgan fingerprint density at radius 3 is 2.23 bits per heavy atom. The van der Waals surface area contributed by atoms with Gasteiger partial charge >= 0.3 is 0 Å². The maximum absolute atomic E-state index is 15.1. The van der Waals surface area contributed by atoms with Gasteiger partial charge < -0.3 is 0 Å². The Kier molecular flexibility index (Phi) is 6.53. The molecule has 0 amide bonds. The molecule has 1 aliphatic rings. The number of hydrogen-bond acceptors (Lipinski definition) is 0. The van der Waals surface area contributed by atoms with E-state index in [-0.39, 0.29) is 5.82 Å². The minimum absolute atomic E-state index is 0.0483. The van der Waals surface area contributed by atoms with Gasteiger partial charge in [-0.3, -0.25) is 0 Å². The summed E-state index contributed by atoms with van der Waals surface area (Å²) < 4.78 is 15.1. The van der Waals surface area contributed by atoms with Crippen molar-refractivity contribution in [3.05, 3.63) is 82.7 Å². The maximum Gasteiger partial charge on any atom is 0.134 e. The first-order chi connectivity index (χ1) is 14.6. The van der Waals surface area contributed by atoms with E-state index in [9.17, 15) is 0 Å². The van der Waals surface area contributed by atoms with Gasteiger partial charge in [0.25, 0.3) is 0 Å². The summed E-state index contributed by atoms with van der Waals surface area (Å²) >= 11 is 0. The molecule has 0 radical (unpaired) electrons. The van der Waals surface area contributed by atoms with Crippen LogP contribution in [0.5, 0.6) is 0 Å². The molecule has 0 atom stereocenters. The lowest BCUT2D eigenvalue weighted by atomic mass is 9.78. The molecule has 0 N–H and O–H groups in total. The Balaban J connectivity index is 1.45. The van der Waals surface area contributed by atoms with Crippen LogP contribution in [0.4, 0.5) is 4.39 Å². The average molecular weight is 399 g/mol. The summed E-state index contributed by atoms with van der Waals surface area (Å²) in [6, 6.07) is 18.0. The van der Waals surface area contributed by atoms with Gasteiger partial charge in [0.15, 0.2) is 0 Å². The zero-order chi connectivity index (χ0) is 20.9. The van der Waals surface area contributed by atoms with Crippen molar-refractivity contribution in [2.45, 2.75) is 58.8 Å². The number of hydrogen-bond donors (Lipinski definition) is 0. The molecule has 0 aromatic heterocycles. The smallest absolute Gasteiger partial charge is 0.134 e. The molecule has 3 aromatic rings. The molecule has 0 nitrogen and oxygen atoms in total. The van der Waals surface area contributed by atoms with Crippen LogP contribution in [0, 0.1) is 36.4 Å². The van der Waals surface area contributed by atoms with E-state index < -0.39 is 0 Å². The molecule has 1 heteroatoms. The lowest BCUT2D eigenvalue weighted by Gasteiger charge is -2.27. The topological polar surface area (TPSA) is 0 Å². The van der Waals surface area contributed by atoms with Crippen LogP contribution in [0.15, 0.2) is 54.6 Å². The predicted octanol–water partition coefficient (Wildman–Crippen LogP) is 7.84. The van der Waals surface area contributed by atoms with Crippen LogP contribution in [0.2, 0.25) is 0 Å². The second kappa shape index (κ2) is 9.48. The van der Waals surface area contributed by atoms with Crippen molar-refractivity contribution in [2.24, 2.45) is 11.8 Å². The fourth-order valence-electron chi connectivity index (χ4n) is 4.68. The third-order valence-electron chi connectivity index (χ3n) is 6.80. The molecule has 0 saturated heterocycles. The van der Waals surface area contributed by atoms with Crippen molar-refractivity contribution in [1.82, 2.24) is 0 Å². The Hall–Kier alpha value is -2.59. The Morgan fingerprint density at radius 2 is 1.50 bits per heavy atom. The zero-order valence-electron chi connectivity index (χ0n) is 18.2. The first-order valence-electron chi connectivity index (χ1n) is 11.4. The van der Waals surface area contributed by atoms with Gasteiger partial charge in [-0.15, -0.1) is 0 Å². The van der Waals surface area contributed by atoms with Crippen molar-refractivity contribution >= 4 is 10.8 Å². The molecule has 1 aliphatic carbocycles. The van der Waals surface area contributed by atoms with E-state index in [0.29, 0.717) is 5.39 Å². The highest BCUT2D eigenvalue weighted by Crippen LogP contribution is 2.33. The molecule has 0 aliphatic heterocycles. The molecule has 3 aromatic carbocycles. The summed E-state index contributed by atoms with van der Waals surface area (Å²) in [7, 11) is 0. The van der Waals surface area contributed by atoms with Crippen molar-refractivity contribution in [1.29, 1.82) is 0 Å². The molecule has 0 unspecified atom stereocenters. The van der Waals surface area contributed by atoms with E-state index in [0.717, 1.165) is 46.8 Å². The molecule has 1 saturated carbocycles. The molecule has 0 spiro atoms. The molecule has 0 heterocycles. The molecule has 4 rings (SSSR count). The predicted molar refractivity (Wildman–Crippen MR) is 125 cm³/mol. The van der Waals surface area contributed by atoms with E-state index in [4.69, 9.17) is 0 Å². The Morgan fingerprint density at radius 1 is 0.833 bits per heavy atom. The highest BCUT2D eigenvalue weighted by molar-refractivity contribution is 5.85. The van der Waals surface area contributed by atoms with E-state index in [1.807, 2.05) is 36.4 Å². The van der Waals surface area contributed by atoms with Gasteiger partial charge in [0, 0.05) is 16.5 Å². The maximum atomic E-state index is 15.1. The third-order valence-corrected chi connectivity index (χ3v) is 6.80. The minimum atomic E-state index is -0.0483. The summed E-state index contributed by atoms with van der Waals surface area (Å²) in [5.41, 5.74) is 4.00. The van der Waals surface area contributed by atoms with Crippen molar-refractivity contribution in [3.8, 4) is 11.8 Å². The number of aryl methyl sites for hydroxylation is 2. The van der Waals surface area contributed by atoms with Gasteiger partial charge in [-0.2, -0.15) is 0 Å². The summed E-state index contributed by atoms with van der Waals surface area (Å²) in [6.07, 6.45) is 8.61. The van der Waals surface area contributed by atoms with Crippen molar-refractivity contribution in [2.75, 3.05) is 0 Å². The first-order valence-corrected chi connectivity index (χ1v) is 11.4. The summed E-state index contributed by atoms with van der Waals surface area (Å²) in [6.45, 7) is 4.37. The SMILES string of the molecule is CCC1CCC(CCc2ccc3cc(C#Cc4ccc(C)cc4)ccc3c2F)CC1. The zero-order valence-corrected chi connectivity index (χ0v) is 18.2. The van der Waals surface area contributed by atoms with Crippen LogP contribution in [-0.4, -0.2) is 0 Å². The highest BCUT2D eigenvalue weighted by atomic mass is 19.1. The van der Waals surface area contributed by atoms with Crippen LogP contribution in [0.25, 0.3) is 10.8 Å². The number of halogens is 1. The van der Waals surface area contributed by atoms with Gasteiger partial charge in [-0.05, 0) is 66.8 Å². The monoisotopic (exact) mass is 398 g/mol. The fourth-order valence-corrected chi connectivity index (χ4v) is 4.68. The third kappa shape index (κ3) is 4.93. The second-order valence-corrected chi connectivity index (χ2v) is 8.92. The number of rotatable bonds is 4. The highest BCUT2D eigenvalue weighted by Gasteiger charge is 2.20. The number of fused-ring (bicyclic) bond motifs is 1. The summed E-state index contributed by atoms with van der Waals surface area (Å²) in [4.78, 5) is 0. The molecule has 154 valence electrons. The van der Waals surface area contributed by atoms with E-state index in [1.54, 1.807) is 0 Å².